The van der Waals surface area contributed by atoms with E-state index in [-0.39, 0.29) is 0 Å². The highest BCUT2D eigenvalue weighted by atomic mass is 15.1. The van der Waals surface area contributed by atoms with E-state index in [1.807, 2.05) is 0 Å². The normalized spacial score (nSPS) is 27.6. The van der Waals surface area contributed by atoms with Gasteiger partial charge in [-0.3, -0.25) is 0 Å². The number of nitrogens with zero attached hydrogens (tertiary/aromatic N) is 2. The van der Waals surface area contributed by atoms with Gasteiger partial charge in [0.2, 0.25) is 0 Å². The molecule has 2 aliphatic rings. The van der Waals surface area contributed by atoms with Crippen molar-refractivity contribution in [3.05, 3.63) is 0 Å². The monoisotopic (exact) mass is 350 g/mol. The highest BCUT2D eigenvalue weighted by Crippen LogP contribution is 2.43. The molecule has 148 valence electrons. The van der Waals surface area contributed by atoms with Gasteiger partial charge in [0.1, 0.15) is 0 Å². The van der Waals surface area contributed by atoms with Crippen molar-refractivity contribution in [1.82, 2.24) is 9.80 Å². The number of hydrogen-bond acceptors (Lipinski definition) is 2. The van der Waals surface area contributed by atoms with Crippen molar-refractivity contribution >= 4 is 0 Å². The first-order valence-electron chi connectivity index (χ1n) is 10.8. The molecular formula is C23H46N2. The van der Waals surface area contributed by atoms with Crippen LogP contribution in [0.1, 0.15) is 81.1 Å². The summed E-state index contributed by atoms with van der Waals surface area (Å²) < 4.78 is 0. The number of piperidine rings is 2. The summed E-state index contributed by atoms with van der Waals surface area (Å²) >= 11 is 0. The van der Waals surface area contributed by atoms with Gasteiger partial charge in [0.15, 0.2) is 0 Å². The van der Waals surface area contributed by atoms with Crippen LogP contribution in [0.3, 0.4) is 0 Å². The summed E-state index contributed by atoms with van der Waals surface area (Å²) in [6.07, 6.45) is 5.55. The summed E-state index contributed by atoms with van der Waals surface area (Å²) in [4.78, 5) is 5.46. The van der Waals surface area contributed by atoms with Crippen LogP contribution in [0.25, 0.3) is 0 Å². The minimum Gasteiger partial charge on any atom is -0.303 e. The Morgan fingerprint density at radius 3 is 1.92 bits per heavy atom. The zero-order chi connectivity index (χ0) is 18.9. The predicted octanol–water partition coefficient (Wildman–Crippen LogP) is 5.53. The number of rotatable bonds is 5. The molecule has 0 aliphatic carbocycles. The SMILES string of the molecule is CC1CCN(CC(C)(C)CC2CCN(CC(C)(C)C)CC2(C)C)CC1. The molecule has 0 N–H and O–H groups in total. The summed E-state index contributed by atoms with van der Waals surface area (Å²) in [6.45, 7) is 27.3. The van der Waals surface area contributed by atoms with Gasteiger partial charge in [-0.1, -0.05) is 55.4 Å². The van der Waals surface area contributed by atoms with E-state index in [0.29, 0.717) is 16.2 Å². The van der Waals surface area contributed by atoms with Crippen LogP contribution in [0, 0.1) is 28.1 Å². The Bertz CT molecular complexity index is 410. The molecule has 0 aromatic heterocycles. The first kappa shape index (κ1) is 21.2. The maximum Gasteiger partial charge on any atom is 0.00356 e. The molecule has 2 nitrogen and oxygen atoms in total. The molecule has 0 radical (unpaired) electrons. The van der Waals surface area contributed by atoms with Crippen molar-refractivity contribution in [2.75, 3.05) is 39.3 Å². The van der Waals surface area contributed by atoms with Crippen LogP contribution in [0.5, 0.6) is 0 Å². The fourth-order valence-corrected chi connectivity index (χ4v) is 5.25. The van der Waals surface area contributed by atoms with Gasteiger partial charge in [-0.15, -0.1) is 0 Å². The average Bonchev–Trinajstić information content (AvgIpc) is 2.42. The molecule has 0 bridgehead atoms. The third-order valence-corrected chi connectivity index (χ3v) is 6.55. The topological polar surface area (TPSA) is 6.48 Å². The lowest BCUT2D eigenvalue weighted by molar-refractivity contribution is 0.00698. The van der Waals surface area contributed by atoms with E-state index in [1.165, 1.54) is 65.0 Å². The summed E-state index contributed by atoms with van der Waals surface area (Å²) in [5.74, 6) is 1.80. The molecule has 2 rings (SSSR count). The van der Waals surface area contributed by atoms with Gasteiger partial charge in [-0.2, -0.15) is 0 Å². The largest absolute Gasteiger partial charge is 0.303 e. The molecule has 1 unspecified atom stereocenters. The van der Waals surface area contributed by atoms with Crippen molar-refractivity contribution in [3.8, 4) is 0 Å². The Morgan fingerprint density at radius 1 is 0.840 bits per heavy atom. The van der Waals surface area contributed by atoms with Crippen molar-refractivity contribution in [2.45, 2.75) is 81.1 Å². The van der Waals surface area contributed by atoms with Gasteiger partial charge >= 0.3 is 0 Å². The second kappa shape index (κ2) is 7.89. The summed E-state index contributed by atoms with van der Waals surface area (Å²) in [5, 5.41) is 0. The van der Waals surface area contributed by atoms with E-state index in [2.05, 4.69) is 65.2 Å². The van der Waals surface area contributed by atoms with E-state index >= 15 is 0 Å². The van der Waals surface area contributed by atoms with Crippen LogP contribution in [-0.4, -0.2) is 49.1 Å². The van der Waals surface area contributed by atoms with Crippen LogP contribution < -0.4 is 0 Å². The smallest absolute Gasteiger partial charge is 0.00356 e. The second-order valence-corrected chi connectivity index (χ2v) is 12.1. The lowest BCUT2D eigenvalue weighted by Gasteiger charge is -2.49. The molecule has 25 heavy (non-hydrogen) atoms. The molecule has 0 saturated carbocycles. The van der Waals surface area contributed by atoms with Crippen LogP contribution in [0.2, 0.25) is 0 Å². The van der Waals surface area contributed by atoms with Gasteiger partial charge in [-0.05, 0) is 73.4 Å². The Balaban J connectivity index is 1.88. The molecule has 0 spiro atoms. The Morgan fingerprint density at radius 2 is 1.40 bits per heavy atom. The van der Waals surface area contributed by atoms with Gasteiger partial charge in [0.25, 0.3) is 0 Å². The quantitative estimate of drug-likeness (QED) is 0.643. The zero-order valence-electron chi connectivity index (χ0n) is 18.6. The molecule has 0 amide bonds. The maximum absolute atomic E-state index is 2.74. The standard InChI is InChI=1S/C23H46N2/c1-19-9-12-24(13-10-19)17-22(5,6)15-20-11-14-25(16-21(2,3)4)18-23(20,7)8/h19-20H,9-18H2,1-8H3. The summed E-state index contributed by atoms with van der Waals surface area (Å²) in [7, 11) is 0. The minimum atomic E-state index is 0.410. The summed E-state index contributed by atoms with van der Waals surface area (Å²) in [5.41, 5.74) is 1.29. The molecule has 2 aliphatic heterocycles. The number of hydrogen-bond donors (Lipinski definition) is 0. The van der Waals surface area contributed by atoms with E-state index in [0.717, 1.165) is 11.8 Å². The molecular weight excluding hydrogens is 304 g/mol. The van der Waals surface area contributed by atoms with Crippen LogP contribution in [-0.2, 0) is 0 Å². The molecule has 2 heteroatoms. The molecule has 1 atom stereocenters. The second-order valence-electron chi connectivity index (χ2n) is 12.1. The predicted molar refractivity (Wildman–Crippen MR) is 111 cm³/mol. The maximum atomic E-state index is 2.74. The highest BCUT2D eigenvalue weighted by molar-refractivity contribution is 4.92. The average molecular weight is 351 g/mol. The van der Waals surface area contributed by atoms with Crippen LogP contribution in [0.15, 0.2) is 0 Å². The molecule has 2 fully saturated rings. The molecule has 0 aromatic rings. The van der Waals surface area contributed by atoms with Gasteiger partial charge in [0.05, 0.1) is 0 Å². The first-order valence-corrected chi connectivity index (χ1v) is 10.8. The first-order chi connectivity index (χ1) is 11.4. The third-order valence-electron chi connectivity index (χ3n) is 6.55. The molecule has 0 aromatic carbocycles. The highest BCUT2D eigenvalue weighted by Gasteiger charge is 2.39. The number of likely N-dealkylation sites (tertiary alicyclic amines) is 2. The minimum absolute atomic E-state index is 0.410. The summed E-state index contributed by atoms with van der Waals surface area (Å²) in [6, 6.07) is 0. The van der Waals surface area contributed by atoms with E-state index in [9.17, 15) is 0 Å². The Labute approximate surface area is 158 Å². The fourth-order valence-electron chi connectivity index (χ4n) is 5.25. The van der Waals surface area contributed by atoms with Crippen LogP contribution >= 0.6 is 0 Å². The Hall–Kier alpha value is -0.0800. The Kier molecular flexibility index (Phi) is 6.69. The molecule has 2 heterocycles. The van der Waals surface area contributed by atoms with Crippen molar-refractivity contribution < 1.29 is 0 Å². The van der Waals surface area contributed by atoms with Gasteiger partial charge in [-0.25, -0.2) is 0 Å². The molecule has 2 saturated heterocycles. The van der Waals surface area contributed by atoms with Gasteiger partial charge < -0.3 is 9.80 Å². The van der Waals surface area contributed by atoms with E-state index in [1.54, 1.807) is 0 Å². The van der Waals surface area contributed by atoms with Crippen molar-refractivity contribution in [3.63, 3.8) is 0 Å². The zero-order valence-corrected chi connectivity index (χ0v) is 18.6. The third kappa shape index (κ3) is 6.86. The van der Waals surface area contributed by atoms with Crippen molar-refractivity contribution in [2.24, 2.45) is 28.1 Å². The van der Waals surface area contributed by atoms with E-state index < -0.39 is 0 Å². The lowest BCUT2D eigenvalue weighted by atomic mass is 9.66. The van der Waals surface area contributed by atoms with E-state index in [4.69, 9.17) is 0 Å². The van der Waals surface area contributed by atoms with Crippen molar-refractivity contribution in [1.29, 1.82) is 0 Å². The van der Waals surface area contributed by atoms with Crippen LogP contribution in [0.4, 0.5) is 0 Å². The van der Waals surface area contributed by atoms with Gasteiger partial charge in [0, 0.05) is 19.6 Å². The fraction of sp³-hybridized carbons (Fsp3) is 1.00. The lowest BCUT2D eigenvalue weighted by Crippen LogP contribution is -2.50.